The Bertz CT molecular complexity index is 274. The Balaban J connectivity index is 2.90. The summed E-state index contributed by atoms with van der Waals surface area (Å²) in [5, 5.41) is 29.9. The zero-order valence-electron chi connectivity index (χ0n) is 8.01. The van der Waals surface area contributed by atoms with E-state index in [0.717, 1.165) is 0 Å². The topological polar surface area (TPSA) is 133 Å². The van der Waals surface area contributed by atoms with Gasteiger partial charge in [-0.15, -0.1) is 0 Å². The molecule has 0 radical (unpaired) electrons. The van der Waals surface area contributed by atoms with Crippen LogP contribution in [0.1, 0.15) is 12.8 Å². The highest BCUT2D eigenvalue weighted by atomic mass is 16.4. The third-order valence-electron chi connectivity index (χ3n) is 2.70. The van der Waals surface area contributed by atoms with Crippen molar-refractivity contribution < 1.29 is 24.9 Å². The van der Waals surface area contributed by atoms with Crippen molar-refractivity contribution in [3.05, 3.63) is 0 Å². The van der Waals surface area contributed by atoms with Crippen LogP contribution in [0.15, 0.2) is 0 Å². The molecule has 6 N–H and O–H groups in total. The van der Waals surface area contributed by atoms with E-state index >= 15 is 0 Å². The van der Waals surface area contributed by atoms with E-state index in [0.29, 0.717) is 13.0 Å². The first-order valence-electron chi connectivity index (χ1n) is 4.56. The Morgan fingerprint density at radius 1 is 1.40 bits per heavy atom. The van der Waals surface area contributed by atoms with Gasteiger partial charge in [0.15, 0.2) is 0 Å². The molecule has 1 saturated heterocycles. The number of aliphatic carboxylic acids is 2. The SMILES string of the molecule is N[C@H](C(=O)O)[C@H](O)[C@@]1(C(=O)O)CCCN1. The predicted molar refractivity (Wildman–Crippen MR) is 49.2 cm³/mol. The lowest BCUT2D eigenvalue weighted by molar-refractivity contribution is -0.153. The molecule has 1 fully saturated rings. The molecule has 0 unspecified atom stereocenters. The summed E-state index contributed by atoms with van der Waals surface area (Å²) >= 11 is 0. The van der Waals surface area contributed by atoms with Crippen molar-refractivity contribution in [3.63, 3.8) is 0 Å². The van der Waals surface area contributed by atoms with Crippen LogP contribution in [0.2, 0.25) is 0 Å². The summed E-state index contributed by atoms with van der Waals surface area (Å²) in [5.41, 5.74) is 3.58. The van der Waals surface area contributed by atoms with Crippen molar-refractivity contribution >= 4 is 11.9 Å². The Morgan fingerprint density at radius 3 is 2.33 bits per heavy atom. The highest BCUT2D eigenvalue weighted by Crippen LogP contribution is 2.25. The molecule has 0 aromatic heterocycles. The van der Waals surface area contributed by atoms with Crippen molar-refractivity contribution in [2.24, 2.45) is 5.73 Å². The predicted octanol–water partition coefficient (Wildman–Crippen LogP) is -2.03. The molecule has 1 aliphatic heterocycles. The summed E-state index contributed by atoms with van der Waals surface area (Å²) in [7, 11) is 0. The van der Waals surface area contributed by atoms with Crippen molar-refractivity contribution in [1.82, 2.24) is 5.32 Å². The smallest absolute Gasteiger partial charge is 0.326 e. The minimum Gasteiger partial charge on any atom is -0.480 e. The van der Waals surface area contributed by atoms with Crippen LogP contribution < -0.4 is 11.1 Å². The minimum atomic E-state index is -1.64. The van der Waals surface area contributed by atoms with Crippen LogP contribution in [0.25, 0.3) is 0 Å². The molecule has 0 aromatic rings. The first-order chi connectivity index (χ1) is 6.92. The Hall–Kier alpha value is -1.18. The summed E-state index contributed by atoms with van der Waals surface area (Å²) in [6.45, 7) is 0.426. The number of carboxylic acids is 2. The van der Waals surface area contributed by atoms with E-state index in [4.69, 9.17) is 15.9 Å². The lowest BCUT2D eigenvalue weighted by Crippen LogP contribution is -2.64. The van der Waals surface area contributed by atoms with Crippen LogP contribution in [-0.4, -0.2) is 51.5 Å². The minimum absolute atomic E-state index is 0.171. The second kappa shape index (κ2) is 4.13. The van der Waals surface area contributed by atoms with E-state index in [1.807, 2.05) is 0 Å². The molecule has 3 atom stereocenters. The van der Waals surface area contributed by atoms with Crippen LogP contribution >= 0.6 is 0 Å². The van der Waals surface area contributed by atoms with Crippen molar-refractivity contribution in [3.8, 4) is 0 Å². The Labute approximate surface area is 85.9 Å². The number of aliphatic hydroxyl groups is 1. The molecule has 0 amide bonds. The van der Waals surface area contributed by atoms with E-state index in [9.17, 15) is 14.7 Å². The highest BCUT2D eigenvalue weighted by molar-refractivity contribution is 5.83. The second-order valence-corrected chi connectivity index (χ2v) is 3.62. The molecule has 0 spiro atoms. The normalized spacial score (nSPS) is 29.7. The molecule has 0 saturated carbocycles. The number of hydrogen-bond acceptors (Lipinski definition) is 5. The van der Waals surface area contributed by atoms with E-state index in [-0.39, 0.29) is 6.42 Å². The molecular formula is C8H14N2O5. The van der Waals surface area contributed by atoms with Crippen molar-refractivity contribution in [2.75, 3.05) is 6.54 Å². The van der Waals surface area contributed by atoms with Gasteiger partial charge in [-0.3, -0.25) is 14.9 Å². The van der Waals surface area contributed by atoms with Gasteiger partial charge < -0.3 is 21.1 Å². The molecule has 0 aromatic carbocycles. The maximum Gasteiger partial charge on any atom is 0.326 e. The van der Waals surface area contributed by atoms with Gasteiger partial charge in [0.2, 0.25) is 0 Å². The van der Waals surface area contributed by atoms with Gasteiger partial charge in [-0.25, -0.2) is 0 Å². The van der Waals surface area contributed by atoms with Gasteiger partial charge >= 0.3 is 11.9 Å². The monoisotopic (exact) mass is 218 g/mol. The highest BCUT2D eigenvalue weighted by Gasteiger charge is 2.51. The molecule has 0 bridgehead atoms. The summed E-state index contributed by atoms with van der Waals surface area (Å²) < 4.78 is 0. The molecule has 1 rings (SSSR count). The molecule has 7 heteroatoms. The molecule has 86 valence electrons. The maximum absolute atomic E-state index is 11.0. The zero-order chi connectivity index (χ0) is 11.6. The number of nitrogens with one attached hydrogen (secondary N) is 1. The fourth-order valence-corrected chi connectivity index (χ4v) is 1.77. The quantitative estimate of drug-likeness (QED) is 0.367. The summed E-state index contributed by atoms with van der Waals surface area (Å²) in [6.07, 6.45) is -0.907. The summed E-state index contributed by atoms with van der Waals surface area (Å²) in [6, 6.07) is -1.60. The van der Waals surface area contributed by atoms with Gasteiger partial charge in [-0.1, -0.05) is 0 Å². The van der Waals surface area contributed by atoms with Gasteiger partial charge in [0.1, 0.15) is 17.7 Å². The Morgan fingerprint density at radius 2 is 2.00 bits per heavy atom. The van der Waals surface area contributed by atoms with E-state index in [1.54, 1.807) is 0 Å². The van der Waals surface area contributed by atoms with E-state index in [2.05, 4.69) is 5.32 Å². The number of aliphatic hydroxyl groups excluding tert-OH is 1. The first-order valence-corrected chi connectivity index (χ1v) is 4.56. The van der Waals surface area contributed by atoms with Crippen molar-refractivity contribution in [2.45, 2.75) is 30.5 Å². The van der Waals surface area contributed by atoms with Gasteiger partial charge in [0, 0.05) is 0 Å². The third-order valence-corrected chi connectivity index (χ3v) is 2.70. The Kier molecular flexibility index (Phi) is 3.28. The third kappa shape index (κ3) is 1.94. The number of carboxylic acid groups (broad SMARTS) is 2. The zero-order valence-corrected chi connectivity index (χ0v) is 8.01. The number of rotatable bonds is 4. The van der Waals surface area contributed by atoms with Gasteiger partial charge in [0.05, 0.1) is 0 Å². The van der Waals surface area contributed by atoms with Crippen LogP contribution in [0.5, 0.6) is 0 Å². The molecule has 7 nitrogen and oxygen atoms in total. The van der Waals surface area contributed by atoms with Crippen LogP contribution in [-0.2, 0) is 9.59 Å². The average Bonchev–Trinajstić information content (AvgIpc) is 2.65. The van der Waals surface area contributed by atoms with Gasteiger partial charge in [-0.05, 0) is 19.4 Å². The number of hydrogen-bond donors (Lipinski definition) is 5. The van der Waals surface area contributed by atoms with Crippen LogP contribution in [0, 0.1) is 0 Å². The fraction of sp³-hybridized carbons (Fsp3) is 0.750. The summed E-state index contributed by atoms with van der Waals surface area (Å²) in [5.74, 6) is -2.69. The molecule has 0 aliphatic carbocycles. The fourth-order valence-electron chi connectivity index (χ4n) is 1.77. The molecular weight excluding hydrogens is 204 g/mol. The molecule has 15 heavy (non-hydrogen) atoms. The van der Waals surface area contributed by atoms with Crippen LogP contribution in [0.4, 0.5) is 0 Å². The van der Waals surface area contributed by atoms with E-state index < -0.39 is 29.6 Å². The van der Waals surface area contributed by atoms with Crippen molar-refractivity contribution in [1.29, 1.82) is 0 Å². The van der Waals surface area contributed by atoms with Gasteiger partial charge in [-0.2, -0.15) is 0 Å². The molecule has 1 heterocycles. The lowest BCUT2D eigenvalue weighted by Gasteiger charge is -2.32. The lowest BCUT2D eigenvalue weighted by atomic mass is 9.86. The van der Waals surface area contributed by atoms with Crippen LogP contribution in [0.3, 0.4) is 0 Å². The summed E-state index contributed by atoms with van der Waals surface area (Å²) in [4.78, 5) is 21.6. The van der Waals surface area contributed by atoms with Gasteiger partial charge in [0.25, 0.3) is 0 Å². The second-order valence-electron chi connectivity index (χ2n) is 3.62. The number of nitrogens with two attached hydrogens (primary N) is 1. The average molecular weight is 218 g/mol. The standard InChI is InChI=1S/C8H14N2O5/c9-4(6(12)13)5(11)8(7(14)15)2-1-3-10-8/h4-5,10-11H,1-3,9H2,(H,12,13)(H,14,15)/t4-,5-,8+/m0/s1. The molecule has 1 aliphatic rings. The largest absolute Gasteiger partial charge is 0.480 e. The van der Waals surface area contributed by atoms with E-state index in [1.165, 1.54) is 0 Å². The number of carbonyl (C=O) groups is 2. The first kappa shape index (κ1) is 11.9. The maximum atomic E-state index is 11.0.